The van der Waals surface area contributed by atoms with Crippen molar-refractivity contribution in [2.24, 2.45) is 0 Å². The number of rotatable bonds is 5. The lowest BCUT2D eigenvalue weighted by molar-refractivity contribution is -0.116. The fourth-order valence-electron chi connectivity index (χ4n) is 4.54. The smallest absolute Gasteiger partial charge is 0.264 e. The average molecular weight is 472 g/mol. The molecule has 1 aliphatic heterocycles. The van der Waals surface area contributed by atoms with Gasteiger partial charge in [-0.3, -0.25) is 14.1 Å². The standard InChI is InChI=1S/C27H25N3O3S/c1-19-11-13-22(14-12-19)34(32,33)30-17-15-21(23-8-2-3-10-25(23)30)18-26(31)29-24-9-4-6-20-7-5-16-28-27(20)24/h2-14,16,21H,15,17-18H2,1H3,(H,29,31). The number of benzene rings is 3. The molecule has 0 fully saturated rings. The molecule has 1 aliphatic rings. The average Bonchev–Trinajstić information content (AvgIpc) is 2.84. The summed E-state index contributed by atoms with van der Waals surface area (Å²) in [5.41, 5.74) is 3.94. The Kier molecular flexibility index (Phi) is 5.79. The Morgan fingerprint density at radius 1 is 1.00 bits per heavy atom. The lowest BCUT2D eigenvalue weighted by atomic mass is 9.88. The first-order valence-corrected chi connectivity index (χ1v) is 12.7. The highest BCUT2D eigenvalue weighted by molar-refractivity contribution is 7.92. The minimum absolute atomic E-state index is 0.0800. The van der Waals surface area contributed by atoms with Gasteiger partial charge in [0.1, 0.15) is 0 Å². The van der Waals surface area contributed by atoms with Crippen LogP contribution in [0, 0.1) is 6.92 Å². The number of aromatic nitrogens is 1. The van der Waals surface area contributed by atoms with Gasteiger partial charge in [-0.05, 0) is 55.2 Å². The third kappa shape index (κ3) is 4.15. The zero-order valence-electron chi connectivity index (χ0n) is 18.8. The van der Waals surface area contributed by atoms with E-state index in [1.54, 1.807) is 30.5 Å². The van der Waals surface area contributed by atoms with E-state index in [1.165, 1.54) is 4.31 Å². The molecule has 0 spiro atoms. The SMILES string of the molecule is Cc1ccc(S(=O)(=O)N2CCC(CC(=O)Nc3cccc4cccnc34)c3ccccc32)cc1. The number of anilines is 2. The third-order valence-electron chi connectivity index (χ3n) is 6.27. The van der Waals surface area contributed by atoms with Gasteiger partial charge in [0.2, 0.25) is 5.91 Å². The maximum absolute atomic E-state index is 13.4. The van der Waals surface area contributed by atoms with Crippen LogP contribution >= 0.6 is 0 Å². The molecule has 5 rings (SSSR count). The summed E-state index contributed by atoms with van der Waals surface area (Å²) in [7, 11) is -3.69. The highest BCUT2D eigenvalue weighted by Gasteiger charge is 2.33. The summed E-state index contributed by atoms with van der Waals surface area (Å²) < 4.78 is 28.3. The predicted octanol–water partition coefficient (Wildman–Crippen LogP) is 5.25. The van der Waals surface area contributed by atoms with Crippen LogP contribution in [0.2, 0.25) is 0 Å². The van der Waals surface area contributed by atoms with Crippen molar-refractivity contribution in [3.8, 4) is 0 Å². The molecule has 0 aliphatic carbocycles. The van der Waals surface area contributed by atoms with Crippen molar-refractivity contribution < 1.29 is 13.2 Å². The number of fused-ring (bicyclic) bond motifs is 2. The number of hydrogen-bond acceptors (Lipinski definition) is 4. The minimum atomic E-state index is -3.69. The third-order valence-corrected chi connectivity index (χ3v) is 8.10. The zero-order valence-corrected chi connectivity index (χ0v) is 19.6. The van der Waals surface area contributed by atoms with E-state index in [1.807, 2.05) is 61.5 Å². The van der Waals surface area contributed by atoms with Crippen molar-refractivity contribution >= 4 is 38.2 Å². The molecule has 1 N–H and O–H groups in total. The second-order valence-electron chi connectivity index (χ2n) is 8.57. The number of amides is 1. The van der Waals surface area contributed by atoms with Gasteiger partial charge in [-0.15, -0.1) is 0 Å². The Morgan fingerprint density at radius 2 is 1.76 bits per heavy atom. The molecule has 6 nitrogen and oxygen atoms in total. The van der Waals surface area contributed by atoms with Gasteiger partial charge in [0.25, 0.3) is 10.0 Å². The van der Waals surface area contributed by atoms with E-state index in [-0.39, 0.29) is 23.1 Å². The Morgan fingerprint density at radius 3 is 2.59 bits per heavy atom. The van der Waals surface area contributed by atoms with Crippen LogP contribution in [0.25, 0.3) is 10.9 Å². The fourth-order valence-corrected chi connectivity index (χ4v) is 6.04. The van der Waals surface area contributed by atoms with Crippen molar-refractivity contribution in [2.75, 3.05) is 16.2 Å². The maximum Gasteiger partial charge on any atom is 0.264 e. The lowest BCUT2D eigenvalue weighted by Gasteiger charge is -2.34. The van der Waals surface area contributed by atoms with Gasteiger partial charge in [0, 0.05) is 24.5 Å². The number of nitrogens with one attached hydrogen (secondary N) is 1. The molecule has 7 heteroatoms. The van der Waals surface area contributed by atoms with E-state index in [9.17, 15) is 13.2 Å². The lowest BCUT2D eigenvalue weighted by Crippen LogP contribution is -2.37. The van der Waals surface area contributed by atoms with Gasteiger partial charge in [-0.25, -0.2) is 8.42 Å². The summed E-state index contributed by atoms with van der Waals surface area (Å²) in [5, 5.41) is 3.96. The Labute approximate surface area is 199 Å². The van der Waals surface area contributed by atoms with Gasteiger partial charge in [-0.2, -0.15) is 0 Å². The van der Waals surface area contributed by atoms with E-state index in [0.29, 0.717) is 24.3 Å². The van der Waals surface area contributed by atoms with Crippen molar-refractivity contribution in [2.45, 2.75) is 30.6 Å². The minimum Gasteiger partial charge on any atom is -0.324 e. The molecule has 1 unspecified atom stereocenters. The van der Waals surface area contributed by atoms with Crippen LogP contribution in [0.3, 0.4) is 0 Å². The number of carbonyl (C=O) groups excluding carboxylic acids is 1. The van der Waals surface area contributed by atoms with Crippen molar-refractivity contribution in [3.05, 3.63) is 96.2 Å². The number of nitrogens with zero attached hydrogens (tertiary/aromatic N) is 2. The second-order valence-corrected chi connectivity index (χ2v) is 10.4. The molecule has 0 saturated heterocycles. The first kappa shape index (κ1) is 22.1. The van der Waals surface area contributed by atoms with Gasteiger partial charge in [0.05, 0.1) is 21.8 Å². The Bertz CT molecular complexity index is 1460. The number of sulfonamides is 1. The number of para-hydroxylation sites is 2. The zero-order chi connectivity index (χ0) is 23.7. The molecule has 0 saturated carbocycles. The van der Waals surface area contributed by atoms with E-state index >= 15 is 0 Å². The van der Waals surface area contributed by atoms with E-state index in [4.69, 9.17) is 0 Å². The highest BCUT2D eigenvalue weighted by atomic mass is 32.2. The molecule has 1 atom stereocenters. The van der Waals surface area contributed by atoms with Gasteiger partial charge >= 0.3 is 0 Å². The molecule has 1 aromatic heterocycles. The van der Waals surface area contributed by atoms with E-state index in [0.717, 1.165) is 22.0 Å². The molecule has 34 heavy (non-hydrogen) atoms. The van der Waals surface area contributed by atoms with Gasteiger partial charge in [0.15, 0.2) is 0 Å². The molecule has 3 aromatic carbocycles. The maximum atomic E-state index is 13.4. The molecule has 1 amide bonds. The molecular formula is C27H25N3O3S. The van der Waals surface area contributed by atoms with Crippen LogP contribution in [-0.2, 0) is 14.8 Å². The molecule has 0 bridgehead atoms. The Hall–Kier alpha value is -3.71. The summed E-state index contributed by atoms with van der Waals surface area (Å²) in [6.07, 6.45) is 2.53. The number of pyridine rings is 1. The molecule has 0 radical (unpaired) electrons. The van der Waals surface area contributed by atoms with Gasteiger partial charge < -0.3 is 5.32 Å². The molecule has 4 aromatic rings. The van der Waals surface area contributed by atoms with Crippen LogP contribution in [0.5, 0.6) is 0 Å². The largest absolute Gasteiger partial charge is 0.324 e. The summed E-state index contributed by atoms with van der Waals surface area (Å²) >= 11 is 0. The number of hydrogen-bond donors (Lipinski definition) is 1. The van der Waals surface area contributed by atoms with Crippen LogP contribution < -0.4 is 9.62 Å². The monoisotopic (exact) mass is 471 g/mol. The molecular weight excluding hydrogens is 446 g/mol. The summed E-state index contributed by atoms with van der Waals surface area (Å²) in [5.74, 6) is -0.198. The summed E-state index contributed by atoms with van der Waals surface area (Å²) in [4.78, 5) is 17.7. The Balaban J connectivity index is 1.39. The van der Waals surface area contributed by atoms with E-state index in [2.05, 4.69) is 10.3 Å². The number of aryl methyl sites for hydroxylation is 1. The predicted molar refractivity (Wildman–Crippen MR) is 135 cm³/mol. The topological polar surface area (TPSA) is 79.4 Å². The second kappa shape index (κ2) is 8.91. The molecule has 2 heterocycles. The molecule has 172 valence electrons. The summed E-state index contributed by atoms with van der Waals surface area (Å²) in [6, 6.07) is 23.9. The highest BCUT2D eigenvalue weighted by Crippen LogP contribution is 2.40. The van der Waals surface area contributed by atoms with Crippen molar-refractivity contribution in [1.82, 2.24) is 4.98 Å². The van der Waals surface area contributed by atoms with E-state index < -0.39 is 10.0 Å². The van der Waals surface area contributed by atoms with Crippen molar-refractivity contribution in [3.63, 3.8) is 0 Å². The quantitative estimate of drug-likeness (QED) is 0.431. The van der Waals surface area contributed by atoms with Crippen molar-refractivity contribution in [1.29, 1.82) is 0 Å². The van der Waals surface area contributed by atoms with Crippen LogP contribution in [0.4, 0.5) is 11.4 Å². The first-order chi connectivity index (χ1) is 16.4. The number of carbonyl (C=O) groups is 1. The van der Waals surface area contributed by atoms with Crippen LogP contribution in [0.15, 0.2) is 90.0 Å². The van der Waals surface area contributed by atoms with Crippen LogP contribution in [-0.4, -0.2) is 25.9 Å². The van der Waals surface area contributed by atoms with Gasteiger partial charge in [-0.1, -0.05) is 54.1 Å². The normalized spacial score (nSPS) is 15.7. The fraction of sp³-hybridized carbons (Fsp3) is 0.185. The first-order valence-electron chi connectivity index (χ1n) is 11.3. The summed E-state index contributed by atoms with van der Waals surface area (Å²) in [6.45, 7) is 2.25. The van der Waals surface area contributed by atoms with Crippen LogP contribution in [0.1, 0.15) is 29.9 Å².